The van der Waals surface area contributed by atoms with Gasteiger partial charge in [0, 0.05) is 69.4 Å². The molecule has 5 heteroatoms. The highest BCUT2D eigenvalue weighted by atomic mass is 32.1. The summed E-state index contributed by atoms with van der Waals surface area (Å²) in [5.74, 6) is 0.701. The fourth-order valence-electron chi connectivity index (χ4n) is 9.59. The zero-order valence-corrected chi connectivity index (χ0v) is 35.2. The number of para-hydroxylation sites is 1. The fraction of sp³-hybridized carbons (Fsp3) is 0. The Morgan fingerprint density at radius 3 is 1.81 bits per heavy atom. The summed E-state index contributed by atoms with van der Waals surface area (Å²) in [6, 6.07) is 74.8. The normalized spacial score (nSPS) is 11.8. The number of pyridine rings is 1. The maximum atomic E-state index is 6.42. The molecule has 4 heterocycles. The quantitative estimate of drug-likeness (QED) is 0.157. The number of thiophene rings is 1. The number of hydrogen-bond acceptors (Lipinski definition) is 5. The standard InChI is InChI=1S/C59H35N3OS/c1-4-16-36(17-5-1)48-35-50(62-59(61-48)38-20-8-3-9-21-38)42-23-11-10-22-41(42)43-26-15-29-53-54(43)47-27-14-25-40(58(47)64-53)39-30-31-44-49(34-39)60-57(37-18-6-2-7-19-37)46-32-33-52-56(55(44)46)45-24-12-13-28-51(45)63-52/h1-35H. The molecule has 0 atom stereocenters. The predicted octanol–water partition coefficient (Wildman–Crippen LogP) is 16.4. The molecule has 0 aliphatic rings. The number of aromatic nitrogens is 3. The monoisotopic (exact) mass is 833 g/mol. The maximum Gasteiger partial charge on any atom is 0.160 e. The van der Waals surface area contributed by atoms with E-state index >= 15 is 0 Å². The van der Waals surface area contributed by atoms with Crippen molar-refractivity contribution < 1.29 is 4.42 Å². The first kappa shape index (κ1) is 36.4. The van der Waals surface area contributed by atoms with Crippen molar-refractivity contribution >= 4 is 75.1 Å². The summed E-state index contributed by atoms with van der Waals surface area (Å²) < 4.78 is 8.90. The van der Waals surface area contributed by atoms with Crippen molar-refractivity contribution in [3.8, 4) is 67.4 Å². The molecule has 9 aromatic carbocycles. The minimum absolute atomic E-state index is 0.701. The summed E-state index contributed by atoms with van der Waals surface area (Å²) in [4.78, 5) is 15.8. The van der Waals surface area contributed by atoms with Crippen molar-refractivity contribution in [2.24, 2.45) is 0 Å². The van der Waals surface area contributed by atoms with Crippen LogP contribution in [0, 0.1) is 0 Å². The van der Waals surface area contributed by atoms with Crippen LogP contribution in [-0.2, 0) is 0 Å². The highest BCUT2D eigenvalue weighted by Gasteiger charge is 2.21. The van der Waals surface area contributed by atoms with Crippen LogP contribution >= 0.6 is 11.3 Å². The summed E-state index contributed by atoms with van der Waals surface area (Å²) in [6.07, 6.45) is 0. The summed E-state index contributed by atoms with van der Waals surface area (Å²) in [7, 11) is 0. The molecule has 0 radical (unpaired) electrons. The minimum Gasteiger partial charge on any atom is -0.456 e. The number of rotatable bonds is 6. The van der Waals surface area contributed by atoms with Gasteiger partial charge < -0.3 is 4.42 Å². The van der Waals surface area contributed by atoms with Gasteiger partial charge in [0.2, 0.25) is 0 Å². The Bertz CT molecular complexity index is 3890. The average molecular weight is 834 g/mol. The van der Waals surface area contributed by atoms with E-state index in [1.54, 1.807) is 0 Å². The van der Waals surface area contributed by atoms with Crippen molar-refractivity contribution in [1.82, 2.24) is 15.0 Å². The molecule has 0 amide bonds. The van der Waals surface area contributed by atoms with Crippen molar-refractivity contribution in [2.45, 2.75) is 0 Å². The van der Waals surface area contributed by atoms with Crippen LogP contribution in [0.5, 0.6) is 0 Å². The van der Waals surface area contributed by atoms with E-state index in [2.05, 4.69) is 182 Å². The van der Waals surface area contributed by atoms with Gasteiger partial charge in [-0.25, -0.2) is 15.0 Å². The molecule has 4 nitrogen and oxygen atoms in total. The van der Waals surface area contributed by atoms with Gasteiger partial charge in [-0.1, -0.05) is 176 Å². The highest BCUT2D eigenvalue weighted by Crippen LogP contribution is 2.47. The molecule has 0 spiro atoms. The molecule has 0 saturated carbocycles. The first-order valence-electron chi connectivity index (χ1n) is 21.5. The lowest BCUT2D eigenvalue weighted by Crippen LogP contribution is -1.97. The van der Waals surface area contributed by atoms with E-state index in [-0.39, 0.29) is 0 Å². The van der Waals surface area contributed by atoms with Crippen molar-refractivity contribution in [3.05, 3.63) is 212 Å². The molecule has 0 aliphatic heterocycles. The Morgan fingerprint density at radius 2 is 0.984 bits per heavy atom. The van der Waals surface area contributed by atoms with E-state index in [1.807, 2.05) is 41.7 Å². The molecular weight excluding hydrogens is 799 g/mol. The highest BCUT2D eigenvalue weighted by molar-refractivity contribution is 7.26. The molecule has 64 heavy (non-hydrogen) atoms. The number of benzene rings is 9. The van der Waals surface area contributed by atoms with Gasteiger partial charge in [-0.05, 0) is 58.7 Å². The van der Waals surface area contributed by atoms with Crippen molar-refractivity contribution in [2.75, 3.05) is 0 Å². The molecule has 13 aromatic rings. The summed E-state index contributed by atoms with van der Waals surface area (Å²) in [5, 5.41) is 8.08. The van der Waals surface area contributed by atoms with Crippen LogP contribution in [0.1, 0.15) is 0 Å². The lowest BCUT2D eigenvalue weighted by Gasteiger charge is -2.14. The largest absolute Gasteiger partial charge is 0.456 e. The third-order valence-electron chi connectivity index (χ3n) is 12.5. The van der Waals surface area contributed by atoms with Gasteiger partial charge in [0.1, 0.15) is 11.2 Å². The topological polar surface area (TPSA) is 51.8 Å². The van der Waals surface area contributed by atoms with Crippen LogP contribution in [0.4, 0.5) is 0 Å². The van der Waals surface area contributed by atoms with E-state index in [1.165, 1.54) is 31.3 Å². The summed E-state index contributed by atoms with van der Waals surface area (Å²) in [6.45, 7) is 0. The molecule has 0 N–H and O–H groups in total. The van der Waals surface area contributed by atoms with Crippen molar-refractivity contribution in [3.63, 3.8) is 0 Å². The first-order valence-corrected chi connectivity index (χ1v) is 22.3. The van der Waals surface area contributed by atoms with Gasteiger partial charge in [-0.2, -0.15) is 0 Å². The van der Waals surface area contributed by atoms with Crippen LogP contribution in [-0.4, -0.2) is 15.0 Å². The third-order valence-corrected chi connectivity index (χ3v) is 13.7. The second kappa shape index (κ2) is 14.7. The number of furan rings is 1. The smallest absolute Gasteiger partial charge is 0.160 e. The van der Waals surface area contributed by atoms with E-state index in [0.717, 1.165) is 94.1 Å². The Balaban J connectivity index is 1.00. The van der Waals surface area contributed by atoms with Gasteiger partial charge in [-0.15, -0.1) is 11.3 Å². The SMILES string of the molecule is c1ccc(-c2cc(-c3ccccc3-c3cccc4sc5c(-c6ccc7c(c6)nc(-c6ccccc6)c6ccc8oc9ccccc9c8c67)cccc5c34)nc(-c3ccccc3)n2)cc1. The van der Waals surface area contributed by atoms with Gasteiger partial charge in [0.25, 0.3) is 0 Å². The van der Waals surface area contributed by atoms with Gasteiger partial charge in [-0.3, -0.25) is 0 Å². The minimum atomic E-state index is 0.701. The lowest BCUT2D eigenvalue weighted by molar-refractivity contribution is 0.669. The fourth-order valence-corrected chi connectivity index (χ4v) is 10.9. The van der Waals surface area contributed by atoms with Crippen LogP contribution in [0.15, 0.2) is 217 Å². The van der Waals surface area contributed by atoms with Crippen LogP contribution in [0.2, 0.25) is 0 Å². The van der Waals surface area contributed by atoms with Crippen LogP contribution in [0.25, 0.3) is 131 Å². The first-order chi connectivity index (χ1) is 31.7. The molecule has 0 aliphatic carbocycles. The Hall–Kier alpha value is -8.25. The van der Waals surface area contributed by atoms with E-state index in [9.17, 15) is 0 Å². The second-order valence-corrected chi connectivity index (χ2v) is 17.3. The summed E-state index contributed by atoms with van der Waals surface area (Å²) >= 11 is 1.85. The summed E-state index contributed by atoms with van der Waals surface area (Å²) in [5.41, 5.74) is 14.2. The van der Waals surface area contributed by atoms with E-state index < -0.39 is 0 Å². The number of fused-ring (bicyclic) bond motifs is 10. The van der Waals surface area contributed by atoms with Crippen LogP contribution < -0.4 is 0 Å². The van der Waals surface area contributed by atoms with Crippen molar-refractivity contribution in [1.29, 1.82) is 0 Å². The zero-order chi connectivity index (χ0) is 42.1. The molecule has 0 unspecified atom stereocenters. The zero-order valence-electron chi connectivity index (χ0n) is 34.4. The third kappa shape index (κ3) is 5.86. The van der Waals surface area contributed by atoms with E-state index in [4.69, 9.17) is 19.4 Å². The Kier molecular flexibility index (Phi) is 8.36. The van der Waals surface area contributed by atoms with Gasteiger partial charge >= 0.3 is 0 Å². The molecule has 0 fully saturated rings. The van der Waals surface area contributed by atoms with E-state index in [0.29, 0.717) is 5.82 Å². The molecule has 0 bridgehead atoms. The Labute approximate surface area is 372 Å². The average Bonchev–Trinajstić information content (AvgIpc) is 3.96. The maximum absolute atomic E-state index is 6.42. The van der Waals surface area contributed by atoms with Gasteiger partial charge in [0.05, 0.1) is 22.6 Å². The molecule has 298 valence electrons. The molecule has 4 aromatic heterocycles. The predicted molar refractivity (Wildman–Crippen MR) is 268 cm³/mol. The Morgan fingerprint density at radius 1 is 0.344 bits per heavy atom. The number of hydrogen-bond donors (Lipinski definition) is 0. The molecule has 13 rings (SSSR count). The second-order valence-electron chi connectivity index (χ2n) is 16.2. The molecule has 0 saturated heterocycles. The van der Waals surface area contributed by atoms with Crippen LogP contribution in [0.3, 0.4) is 0 Å². The lowest BCUT2D eigenvalue weighted by atomic mass is 9.92. The van der Waals surface area contributed by atoms with Gasteiger partial charge in [0.15, 0.2) is 5.82 Å². The molecular formula is C59H35N3OS. The number of nitrogens with zero attached hydrogens (tertiary/aromatic N) is 3.